The average Bonchev–Trinajstić information content (AvgIpc) is 2.79. The summed E-state index contributed by atoms with van der Waals surface area (Å²) in [5.74, 6) is 0.830. The number of rotatable bonds is 3. The molecule has 1 aromatic heterocycles. The van der Waals surface area contributed by atoms with Gasteiger partial charge in [0.1, 0.15) is 5.82 Å². The molecule has 0 atom stereocenters. The van der Waals surface area contributed by atoms with Crippen LogP contribution in [0.25, 0.3) is 11.4 Å². The van der Waals surface area contributed by atoms with Crippen molar-refractivity contribution >= 4 is 11.6 Å². The van der Waals surface area contributed by atoms with Crippen LogP contribution in [0.1, 0.15) is 27.2 Å². The molecule has 0 spiro atoms. The Balaban J connectivity index is 2.10. The van der Waals surface area contributed by atoms with Gasteiger partial charge in [0.2, 0.25) is 5.91 Å². The lowest BCUT2D eigenvalue weighted by atomic mass is 9.92. The Bertz CT molecular complexity index is 553. The SMILES string of the molecule is CC(C)(C)CC(=O)Nc1cccc(-c2ncc[nH]2)c1. The minimum Gasteiger partial charge on any atom is -0.345 e. The number of carbonyl (C=O) groups excluding carboxylic acids is 1. The molecule has 2 N–H and O–H groups in total. The van der Waals surface area contributed by atoms with Gasteiger partial charge in [-0.1, -0.05) is 32.9 Å². The van der Waals surface area contributed by atoms with Gasteiger partial charge in [0.15, 0.2) is 0 Å². The van der Waals surface area contributed by atoms with E-state index in [4.69, 9.17) is 0 Å². The number of imidazole rings is 1. The van der Waals surface area contributed by atoms with E-state index in [1.54, 1.807) is 12.4 Å². The average molecular weight is 257 g/mol. The van der Waals surface area contributed by atoms with Crippen LogP contribution >= 0.6 is 0 Å². The molecule has 0 unspecified atom stereocenters. The van der Waals surface area contributed by atoms with E-state index in [0.717, 1.165) is 17.1 Å². The summed E-state index contributed by atoms with van der Waals surface area (Å²) in [6, 6.07) is 7.66. The lowest BCUT2D eigenvalue weighted by Gasteiger charge is -2.17. The van der Waals surface area contributed by atoms with Crippen LogP contribution in [0.5, 0.6) is 0 Å². The van der Waals surface area contributed by atoms with Gasteiger partial charge >= 0.3 is 0 Å². The van der Waals surface area contributed by atoms with Crippen molar-refractivity contribution in [1.29, 1.82) is 0 Å². The van der Waals surface area contributed by atoms with Gasteiger partial charge < -0.3 is 10.3 Å². The summed E-state index contributed by atoms with van der Waals surface area (Å²) in [6.07, 6.45) is 3.98. The molecule has 0 fully saturated rings. The molecule has 0 saturated carbocycles. The predicted octanol–water partition coefficient (Wildman–Crippen LogP) is 3.45. The van der Waals surface area contributed by atoms with Crippen LogP contribution < -0.4 is 5.32 Å². The smallest absolute Gasteiger partial charge is 0.224 e. The van der Waals surface area contributed by atoms with Gasteiger partial charge in [0.05, 0.1) is 0 Å². The second-order valence-corrected chi connectivity index (χ2v) is 5.80. The zero-order valence-electron chi connectivity index (χ0n) is 11.5. The number of aromatic nitrogens is 2. The van der Waals surface area contributed by atoms with Gasteiger partial charge in [0, 0.05) is 30.1 Å². The third kappa shape index (κ3) is 3.95. The highest BCUT2D eigenvalue weighted by molar-refractivity contribution is 5.91. The molecule has 1 heterocycles. The summed E-state index contributed by atoms with van der Waals surface area (Å²) >= 11 is 0. The number of H-pyrrole nitrogens is 1. The molecule has 2 aromatic rings. The van der Waals surface area contributed by atoms with Crippen molar-refractivity contribution in [3.63, 3.8) is 0 Å². The number of hydrogen-bond acceptors (Lipinski definition) is 2. The molecule has 4 nitrogen and oxygen atoms in total. The van der Waals surface area contributed by atoms with Crippen LogP contribution in [-0.4, -0.2) is 15.9 Å². The van der Waals surface area contributed by atoms with Gasteiger partial charge in [0.25, 0.3) is 0 Å². The van der Waals surface area contributed by atoms with Crippen LogP contribution in [0.3, 0.4) is 0 Å². The molecular formula is C15H19N3O. The quantitative estimate of drug-likeness (QED) is 0.884. The van der Waals surface area contributed by atoms with Crippen molar-refractivity contribution in [3.05, 3.63) is 36.7 Å². The van der Waals surface area contributed by atoms with E-state index >= 15 is 0 Å². The molecule has 0 saturated heterocycles. The number of carbonyl (C=O) groups is 1. The first-order valence-corrected chi connectivity index (χ1v) is 6.34. The van der Waals surface area contributed by atoms with Crippen molar-refractivity contribution in [2.24, 2.45) is 5.41 Å². The van der Waals surface area contributed by atoms with Crippen LogP contribution in [0.2, 0.25) is 0 Å². The summed E-state index contributed by atoms with van der Waals surface area (Å²) in [5, 5.41) is 2.92. The lowest BCUT2D eigenvalue weighted by Crippen LogP contribution is -2.19. The number of nitrogens with zero attached hydrogens (tertiary/aromatic N) is 1. The summed E-state index contributed by atoms with van der Waals surface area (Å²) < 4.78 is 0. The first-order chi connectivity index (χ1) is 8.94. The van der Waals surface area contributed by atoms with Crippen LogP contribution in [0.15, 0.2) is 36.7 Å². The van der Waals surface area contributed by atoms with Crippen molar-refractivity contribution in [2.45, 2.75) is 27.2 Å². The Hall–Kier alpha value is -2.10. The summed E-state index contributed by atoms with van der Waals surface area (Å²) in [7, 11) is 0. The number of nitrogens with one attached hydrogen (secondary N) is 2. The van der Waals surface area contributed by atoms with Gasteiger partial charge in [-0.15, -0.1) is 0 Å². The van der Waals surface area contributed by atoms with Crippen molar-refractivity contribution in [1.82, 2.24) is 9.97 Å². The fourth-order valence-corrected chi connectivity index (χ4v) is 1.85. The Labute approximate surface area is 113 Å². The number of aromatic amines is 1. The second kappa shape index (κ2) is 5.26. The van der Waals surface area contributed by atoms with Crippen LogP contribution in [-0.2, 0) is 4.79 Å². The highest BCUT2D eigenvalue weighted by atomic mass is 16.1. The minimum atomic E-state index is -0.0112. The number of hydrogen-bond donors (Lipinski definition) is 2. The molecule has 0 aliphatic rings. The lowest BCUT2D eigenvalue weighted by molar-refractivity contribution is -0.117. The molecule has 100 valence electrons. The van der Waals surface area contributed by atoms with E-state index in [9.17, 15) is 4.79 Å². The molecule has 4 heteroatoms. The summed E-state index contributed by atoms with van der Waals surface area (Å²) in [4.78, 5) is 19.1. The zero-order valence-corrected chi connectivity index (χ0v) is 11.5. The molecule has 1 aromatic carbocycles. The highest BCUT2D eigenvalue weighted by Crippen LogP contribution is 2.22. The van der Waals surface area contributed by atoms with E-state index in [1.165, 1.54) is 0 Å². The van der Waals surface area contributed by atoms with E-state index in [0.29, 0.717) is 6.42 Å². The van der Waals surface area contributed by atoms with E-state index in [-0.39, 0.29) is 11.3 Å². The minimum absolute atomic E-state index is 0.0112. The highest BCUT2D eigenvalue weighted by Gasteiger charge is 2.16. The fraction of sp³-hybridized carbons (Fsp3) is 0.333. The van der Waals surface area contributed by atoms with Crippen LogP contribution in [0.4, 0.5) is 5.69 Å². The third-order valence-electron chi connectivity index (χ3n) is 2.61. The van der Waals surface area contributed by atoms with Crippen molar-refractivity contribution in [2.75, 3.05) is 5.32 Å². The van der Waals surface area contributed by atoms with Gasteiger partial charge in [-0.2, -0.15) is 0 Å². The zero-order chi connectivity index (χ0) is 13.9. The van der Waals surface area contributed by atoms with Gasteiger partial charge in [-0.3, -0.25) is 4.79 Å². The number of amides is 1. The van der Waals surface area contributed by atoms with E-state index in [1.807, 2.05) is 45.0 Å². The molecule has 0 bridgehead atoms. The predicted molar refractivity (Wildman–Crippen MR) is 76.7 cm³/mol. The molecule has 1 amide bonds. The molecule has 0 aliphatic carbocycles. The molecule has 19 heavy (non-hydrogen) atoms. The van der Waals surface area contributed by atoms with Crippen LogP contribution in [0, 0.1) is 5.41 Å². The van der Waals surface area contributed by atoms with E-state index < -0.39 is 0 Å². The maximum atomic E-state index is 11.9. The molecule has 2 rings (SSSR count). The summed E-state index contributed by atoms with van der Waals surface area (Å²) in [6.45, 7) is 6.14. The molecule has 0 aliphatic heterocycles. The topological polar surface area (TPSA) is 57.8 Å². The molecular weight excluding hydrogens is 238 g/mol. The largest absolute Gasteiger partial charge is 0.345 e. The number of anilines is 1. The first-order valence-electron chi connectivity index (χ1n) is 6.34. The fourth-order valence-electron chi connectivity index (χ4n) is 1.85. The second-order valence-electron chi connectivity index (χ2n) is 5.80. The Morgan fingerprint density at radius 2 is 2.16 bits per heavy atom. The van der Waals surface area contributed by atoms with Gasteiger partial charge in [-0.25, -0.2) is 4.98 Å². The maximum Gasteiger partial charge on any atom is 0.224 e. The number of benzene rings is 1. The van der Waals surface area contributed by atoms with E-state index in [2.05, 4.69) is 15.3 Å². The van der Waals surface area contributed by atoms with Crippen molar-refractivity contribution in [3.8, 4) is 11.4 Å². The Morgan fingerprint density at radius 3 is 2.79 bits per heavy atom. The van der Waals surface area contributed by atoms with Crippen molar-refractivity contribution < 1.29 is 4.79 Å². The van der Waals surface area contributed by atoms with Gasteiger partial charge in [-0.05, 0) is 17.5 Å². The normalized spacial score (nSPS) is 11.3. The summed E-state index contributed by atoms with van der Waals surface area (Å²) in [5.41, 5.74) is 1.74. The first kappa shape index (κ1) is 13.3. The maximum absolute atomic E-state index is 11.9. The Morgan fingerprint density at radius 1 is 1.37 bits per heavy atom. The molecule has 0 radical (unpaired) electrons. The standard InChI is InChI=1S/C15H19N3O/c1-15(2,3)10-13(19)18-12-6-4-5-11(9-12)14-16-7-8-17-14/h4-9H,10H2,1-3H3,(H,16,17)(H,18,19). The monoisotopic (exact) mass is 257 g/mol. The Kier molecular flexibility index (Phi) is 3.69. The third-order valence-corrected chi connectivity index (χ3v) is 2.61.